The van der Waals surface area contributed by atoms with Gasteiger partial charge < -0.3 is 4.90 Å². The molecule has 2 aromatic rings. The number of hydrazine groups is 1. The topological polar surface area (TPSA) is 79.3 Å². The molecular weight excluding hydrogens is 342 g/mol. The molecule has 27 heavy (non-hydrogen) atoms. The van der Waals surface area contributed by atoms with Crippen molar-refractivity contribution in [2.24, 2.45) is 5.41 Å². The predicted octanol–water partition coefficient (Wildman–Crippen LogP) is 1.44. The number of aromatic nitrogens is 2. The molecule has 2 atom stereocenters. The van der Waals surface area contributed by atoms with Gasteiger partial charge in [0.25, 0.3) is 5.56 Å². The Kier molecular flexibility index (Phi) is 5.35. The highest BCUT2D eigenvalue weighted by Gasteiger charge is 2.33. The van der Waals surface area contributed by atoms with E-state index in [0.29, 0.717) is 18.0 Å². The largest absolute Gasteiger partial charge is 0.343 e. The SMILES string of the molecule is Cc1nn(CC(=O)N(C)CC2CC(C(C)(C)C)NN2)c(=O)c2ccccc12. The van der Waals surface area contributed by atoms with Gasteiger partial charge in [0.15, 0.2) is 0 Å². The summed E-state index contributed by atoms with van der Waals surface area (Å²) in [7, 11) is 1.77. The second-order valence-electron chi connectivity index (χ2n) is 8.51. The molecular formula is C20H29N5O2. The van der Waals surface area contributed by atoms with Crippen molar-refractivity contribution >= 4 is 16.7 Å². The van der Waals surface area contributed by atoms with Gasteiger partial charge in [-0.25, -0.2) is 4.68 Å². The summed E-state index contributed by atoms with van der Waals surface area (Å²) in [4.78, 5) is 27.0. The maximum Gasteiger partial charge on any atom is 0.275 e. The Bertz CT molecular complexity index is 899. The fourth-order valence-corrected chi connectivity index (χ4v) is 3.50. The minimum atomic E-state index is -0.230. The van der Waals surface area contributed by atoms with Crippen LogP contribution in [0.3, 0.4) is 0 Å². The molecule has 3 rings (SSSR count). The number of carbonyl (C=O) groups is 1. The van der Waals surface area contributed by atoms with Crippen molar-refractivity contribution in [2.45, 2.75) is 52.7 Å². The summed E-state index contributed by atoms with van der Waals surface area (Å²) in [5, 5.41) is 5.75. The van der Waals surface area contributed by atoms with Gasteiger partial charge in [-0.3, -0.25) is 20.4 Å². The molecule has 2 heterocycles. The molecule has 0 radical (unpaired) electrons. The second kappa shape index (κ2) is 7.40. The molecule has 1 saturated heterocycles. The van der Waals surface area contributed by atoms with E-state index in [1.54, 1.807) is 18.0 Å². The van der Waals surface area contributed by atoms with E-state index in [4.69, 9.17) is 0 Å². The summed E-state index contributed by atoms with van der Waals surface area (Å²) in [5.74, 6) is -0.125. The standard InChI is InChI=1S/C20H29N5O2/c1-13-15-8-6-7-9-16(15)19(27)25(23-13)12-18(26)24(5)11-14-10-17(22-21-14)20(2,3)4/h6-9,14,17,21-22H,10-12H2,1-5H3. The molecule has 146 valence electrons. The van der Waals surface area contributed by atoms with Crippen molar-refractivity contribution in [2.75, 3.05) is 13.6 Å². The smallest absolute Gasteiger partial charge is 0.275 e. The van der Waals surface area contributed by atoms with Crippen LogP contribution in [0, 0.1) is 12.3 Å². The Morgan fingerprint density at radius 1 is 1.26 bits per heavy atom. The molecule has 7 nitrogen and oxygen atoms in total. The van der Waals surface area contributed by atoms with Crippen LogP contribution in [-0.2, 0) is 11.3 Å². The Balaban J connectivity index is 1.68. The Hall–Kier alpha value is -2.25. The number of nitrogens with one attached hydrogen (secondary N) is 2. The normalized spacial score (nSPS) is 20.2. The van der Waals surface area contributed by atoms with Gasteiger partial charge in [-0.2, -0.15) is 5.10 Å². The van der Waals surface area contributed by atoms with E-state index in [2.05, 4.69) is 36.7 Å². The van der Waals surface area contributed by atoms with Crippen molar-refractivity contribution in [3.05, 3.63) is 40.3 Å². The van der Waals surface area contributed by atoms with Crippen molar-refractivity contribution in [3.8, 4) is 0 Å². The van der Waals surface area contributed by atoms with Crippen LogP contribution in [0.5, 0.6) is 0 Å². The Morgan fingerprint density at radius 3 is 2.56 bits per heavy atom. The average molecular weight is 371 g/mol. The number of hydrogen-bond donors (Lipinski definition) is 2. The fourth-order valence-electron chi connectivity index (χ4n) is 3.50. The van der Waals surface area contributed by atoms with E-state index in [0.717, 1.165) is 17.5 Å². The quantitative estimate of drug-likeness (QED) is 0.850. The zero-order valence-electron chi connectivity index (χ0n) is 16.7. The molecule has 7 heteroatoms. The van der Waals surface area contributed by atoms with E-state index in [1.165, 1.54) is 4.68 Å². The van der Waals surface area contributed by atoms with Crippen LogP contribution in [0.15, 0.2) is 29.1 Å². The van der Waals surface area contributed by atoms with Gasteiger partial charge in [-0.15, -0.1) is 0 Å². The highest BCUT2D eigenvalue weighted by atomic mass is 16.2. The third-order valence-electron chi connectivity index (χ3n) is 5.28. The molecule has 1 aliphatic heterocycles. The van der Waals surface area contributed by atoms with Gasteiger partial charge in [0, 0.05) is 31.1 Å². The van der Waals surface area contributed by atoms with E-state index < -0.39 is 0 Å². The average Bonchev–Trinajstić information content (AvgIpc) is 3.08. The summed E-state index contributed by atoms with van der Waals surface area (Å²) in [6.07, 6.45) is 0.953. The summed E-state index contributed by atoms with van der Waals surface area (Å²) in [5.41, 5.74) is 7.27. The molecule has 2 N–H and O–H groups in total. The number of nitrogens with zero attached hydrogens (tertiary/aromatic N) is 3. The first-order valence-corrected chi connectivity index (χ1v) is 9.38. The number of fused-ring (bicyclic) bond motifs is 1. The zero-order chi connectivity index (χ0) is 19.8. The third kappa shape index (κ3) is 4.20. The van der Waals surface area contributed by atoms with E-state index in [9.17, 15) is 9.59 Å². The van der Waals surface area contributed by atoms with Crippen molar-refractivity contribution in [1.29, 1.82) is 0 Å². The number of carbonyl (C=O) groups excluding carboxylic acids is 1. The van der Waals surface area contributed by atoms with Crippen molar-refractivity contribution in [1.82, 2.24) is 25.5 Å². The first kappa shape index (κ1) is 19.5. The van der Waals surface area contributed by atoms with Gasteiger partial charge in [-0.1, -0.05) is 39.0 Å². The maximum atomic E-state index is 12.7. The first-order chi connectivity index (χ1) is 12.7. The number of benzene rings is 1. The number of hydrogen-bond acceptors (Lipinski definition) is 5. The molecule has 1 fully saturated rings. The highest BCUT2D eigenvalue weighted by molar-refractivity contribution is 5.83. The van der Waals surface area contributed by atoms with E-state index >= 15 is 0 Å². The summed E-state index contributed by atoms with van der Waals surface area (Å²) in [6, 6.07) is 7.91. The number of aryl methyl sites for hydroxylation is 1. The predicted molar refractivity (Wildman–Crippen MR) is 106 cm³/mol. The lowest BCUT2D eigenvalue weighted by atomic mass is 9.84. The summed E-state index contributed by atoms with van der Waals surface area (Å²) >= 11 is 0. The van der Waals surface area contributed by atoms with Crippen LogP contribution < -0.4 is 16.4 Å². The molecule has 0 saturated carbocycles. The molecule has 0 aliphatic carbocycles. The van der Waals surface area contributed by atoms with Crippen molar-refractivity contribution in [3.63, 3.8) is 0 Å². The molecule has 1 amide bonds. The molecule has 0 bridgehead atoms. The lowest BCUT2D eigenvalue weighted by molar-refractivity contribution is -0.131. The fraction of sp³-hybridized carbons (Fsp3) is 0.550. The monoisotopic (exact) mass is 371 g/mol. The van der Waals surface area contributed by atoms with Gasteiger partial charge in [0.05, 0.1) is 11.1 Å². The Morgan fingerprint density at radius 2 is 1.93 bits per heavy atom. The molecule has 1 aromatic heterocycles. The van der Waals surface area contributed by atoms with E-state index in [-0.39, 0.29) is 29.5 Å². The lowest BCUT2D eigenvalue weighted by Gasteiger charge is -2.26. The van der Waals surface area contributed by atoms with Crippen LogP contribution >= 0.6 is 0 Å². The Labute approximate surface area is 159 Å². The second-order valence-corrected chi connectivity index (χ2v) is 8.51. The van der Waals surface area contributed by atoms with Crippen LogP contribution in [0.4, 0.5) is 0 Å². The van der Waals surface area contributed by atoms with Gasteiger partial charge in [0.1, 0.15) is 6.54 Å². The number of rotatable bonds is 4. The van der Waals surface area contributed by atoms with Crippen LogP contribution in [-0.4, -0.2) is 46.3 Å². The molecule has 1 aromatic carbocycles. The number of likely N-dealkylation sites (N-methyl/N-ethyl adjacent to an activating group) is 1. The minimum Gasteiger partial charge on any atom is -0.343 e. The van der Waals surface area contributed by atoms with Crippen LogP contribution in [0.2, 0.25) is 0 Å². The third-order valence-corrected chi connectivity index (χ3v) is 5.28. The highest BCUT2D eigenvalue weighted by Crippen LogP contribution is 2.25. The van der Waals surface area contributed by atoms with Gasteiger partial charge in [-0.05, 0) is 24.8 Å². The van der Waals surface area contributed by atoms with Crippen molar-refractivity contribution < 1.29 is 4.79 Å². The minimum absolute atomic E-state index is 0.0517. The molecule has 0 spiro atoms. The summed E-state index contributed by atoms with van der Waals surface area (Å²) in [6.45, 7) is 8.98. The first-order valence-electron chi connectivity index (χ1n) is 9.38. The molecule has 2 unspecified atom stereocenters. The lowest BCUT2D eigenvalue weighted by Crippen LogP contribution is -2.44. The van der Waals surface area contributed by atoms with Crippen LogP contribution in [0.1, 0.15) is 32.9 Å². The maximum absolute atomic E-state index is 12.7. The number of amides is 1. The van der Waals surface area contributed by atoms with Gasteiger partial charge >= 0.3 is 0 Å². The zero-order valence-corrected chi connectivity index (χ0v) is 16.7. The van der Waals surface area contributed by atoms with Crippen LogP contribution in [0.25, 0.3) is 10.8 Å². The van der Waals surface area contributed by atoms with E-state index in [1.807, 2.05) is 25.1 Å². The van der Waals surface area contributed by atoms with Gasteiger partial charge in [0.2, 0.25) is 5.91 Å². The summed E-state index contributed by atoms with van der Waals surface area (Å²) < 4.78 is 1.27. The molecule has 1 aliphatic rings.